The second-order valence-electron chi connectivity index (χ2n) is 5.82. The Bertz CT molecular complexity index is 1030. The number of ether oxygens (including phenoxy) is 1. The normalized spacial score (nSPS) is 10.3. The minimum atomic E-state index is -0.605. The summed E-state index contributed by atoms with van der Waals surface area (Å²) in [7, 11) is 0. The molecule has 0 radical (unpaired) electrons. The number of benzene rings is 3. The van der Waals surface area contributed by atoms with Crippen molar-refractivity contribution in [1.82, 2.24) is 0 Å². The minimum absolute atomic E-state index is 0.00897. The van der Waals surface area contributed by atoms with Crippen LogP contribution in [0.4, 0.5) is 5.69 Å². The van der Waals surface area contributed by atoms with Crippen molar-refractivity contribution < 1.29 is 19.2 Å². The molecular weight excluding hydrogens is 346 g/mol. The highest BCUT2D eigenvalue weighted by Crippen LogP contribution is 2.33. The van der Waals surface area contributed by atoms with Crippen LogP contribution in [0.3, 0.4) is 0 Å². The molecule has 0 aromatic heterocycles. The van der Waals surface area contributed by atoms with Gasteiger partial charge in [0, 0.05) is 22.8 Å². The first kappa shape index (κ1) is 18.0. The molecule has 3 aromatic carbocycles. The van der Waals surface area contributed by atoms with Gasteiger partial charge in [-0.2, -0.15) is 0 Å². The van der Waals surface area contributed by atoms with Gasteiger partial charge in [0.25, 0.3) is 0 Å². The van der Waals surface area contributed by atoms with Gasteiger partial charge in [0.1, 0.15) is 5.75 Å². The number of nitro benzene ring substituents is 1. The van der Waals surface area contributed by atoms with Crippen LogP contribution in [0.2, 0.25) is 0 Å². The van der Waals surface area contributed by atoms with Gasteiger partial charge < -0.3 is 4.74 Å². The predicted molar refractivity (Wildman–Crippen MR) is 99.5 cm³/mol. The minimum Gasteiger partial charge on any atom is -0.450 e. The van der Waals surface area contributed by atoms with E-state index in [0.717, 1.165) is 0 Å². The SMILES string of the molecule is CC(=O)c1cccc(Oc2ccc(C(=O)c3ccccc3)cc2[N+](=O)[O-])c1. The predicted octanol–water partition coefficient (Wildman–Crippen LogP) is 4.82. The van der Waals surface area contributed by atoms with Crippen molar-refractivity contribution in [2.24, 2.45) is 0 Å². The molecule has 27 heavy (non-hydrogen) atoms. The number of carbonyl (C=O) groups excluding carboxylic acids is 2. The molecule has 0 spiro atoms. The molecule has 0 aliphatic carbocycles. The van der Waals surface area contributed by atoms with Gasteiger partial charge in [0.15, 0.2) is 11.6 Å². The average Bonchev–Trinajstić information content (AvgIpc) is 2.68. The maximum atomic E-state index is 12.5. The summed E-state index contributed by atoms with van der Waals surface area (Å²) in [5.41, 5.74) is 0.739. The van der Waals surface area contributed by atoms with E-state index in [1.54, 1.807) is 48.5 Å². The van der Waals surface area contributed by atoms with E-state index < -0.39 is 4.92 Å². The zero-order chi connectivity index (χ0) is 19.4. The number of hydrogen-bond donors (Lipinski definition) is 0. The van der Waals surface area contributed by atoms with Crippen LogP contribution in [0.15, 0.2) is 72.8 Å². The van der Waals surface area contributed by atoms with Crippen LogP contribution in [0, 0.1) is 10.1 Å². The number of nitrogens with zero attached hydrogens (tertiary/aromatic N) is 1. The largest absolute Gasteiger partial charge is 0.450 e. The highest BCUT2D eigenvalue weighted by atomic mass is 16.6. The molecule has 0 aliphatic heterocycles. The number of ketones is 2. The molecule has 0 saturated carbocycles. The van der Waals surface area contributed by atoms with E-state index in [1.807, 2.05) is 0 Å². The Labute approximate surface area is 155 Å². The Morgan fingerprint density at radius 1 is 0.852 bits per heavy atom. The van der Waals surface area contributed by atoms with Crippen molar-refractivity contribution in [1.29, 1.82) is 0 Å². The smallest absolute Gasteiger partial charge is 0.312 e. The first-order valence-corrected chi connectivity index (χ1v) is 8.13. The van der Waals surface area contributed by atoms with Gasteiger partial charge >= 0.3 is 5.69 Å². The van der Waals surface area contributed by atoms with Crippen LogP contribution in [0.25, 0.3) is 0 Å². The standard InChI is InChI=1S/C21H15NO5/c1-14(23)16-8-5-9-18(12-16)27-20-11-10-17(13-19(20)22(25)26)21(24)15-6-3-2-4-7-15/h2-13H,1H3. The maximum Gasteiger partial charge on any atom is 0.312 e. The fourth-order valence-corrected chi connectivity index (χ4v) is 2.55. The second kappa shape index (κ2) is 7.61. The maximum absolute atomic E-state index is 12.5. The molecule has 0 aliphatic rings. The number of rotatable bonds is 6. The fourth-order valence-electron chi connectivity index (χ4n) is 2.55. The third-order valence-corrected chi connectivity index (χ3v) is 3.92. The van der Waals surface area contributed by atoms with E-state index in [-0.39, 0.29) is 28.6 Å². The number of nitro groups is 1. The van der Waals surface area contributed by atoms with Gasteiger partial charge in [0.05, 0.1) is 4.92 Å². The molecule has 0 bridgehead atoms. The quantitative estimate of drug-likeness (QED) is 0.357. The monoisotopic (exact) mass is 361 g/mol. The van der Waals surface area contributed by atoms with Crippen LogP contribution in [0.5, 0.6) is 11.5 Å². The van der Waals surface area contributed by atoms with Gasteiger partial charge in [-0.25, -0.2) is 0 Å². The van der Waals surface area contributed by atoms with Crippen molar-refractivity contribution in [2.75, 3.05) is 0 Å². The van der Waals surface area contributed by atoms with Crippen LogP contribution >= 0.6 is 0 Å². The molecule has 0 amide bonds. The Morgan fingerprint density at radius 2 is 1.56 bits per heavy atom. The highest BCUT2D eigenvalue weighted by Gasteiger charge is 2.20. The van der Waals surface area contributed by atoms with Crippen molar-refractivity contribution in [3.05, 3.63) is 99.6 Å². The number of hydrogen-bond acceptors (Lipinski definition) is 5. The zero-order valence-corrected chi connectivity index (χ0v) is 14.4. The Morgan fingerprint density at radius 3 is 2.22 bits per heavy atom. The van der Waals surface area contributed by atoms with Gasteiger partial charge in [-0.05, 0) is 31.2 Å². The summed E-state index contributed by atoms with van der Waals surface area (Å²) in [4.78, 5) is 34.8. The summed E-state index contributed by atoms with van der Waals surface area (Å²) >= 11 is 0. The van der Waals surface area contributed by atoms with Gasteiger partial charge in [0.2, 0.25) is 5.75 Å². The van der Waals surface area contributed by atoms with E-state index in [2.05, 4.69) is 0 Å². The number of Topliss-reactive ketones (excluding diaryl/α,β-unsaturated/α-hetero) is 1. The van der Waals surface area contributed by atoms with Crippen LogP contribution < -0.4 is 4.74 Å². The lowest BCUT2D eigenvalue weighted by molar-refractivity contribution is -0.385. The lowest BCUT2D eigenvalue weighted by Crippen LogP contribution is -2.03. The number of carbonyl (C=O) groups is 2. The molecule has 0 unspecified atom stereocenters. The average molecular weight is 361 g/mol. The van der Waals surface area contributed by atoms with Crippen molar-refractivity contribution in [3.8, 4) is 11.5 Å². The first-order valence-electron chi connectivity index (χ1n) is 8.13. The Hall–Kier alpha value is -3.80. The first-order chi connectivity index (χ1) is 13.0. The molecular formula is C21H15NO5. The molecule has 134 valence electrons. The highest BCUT2D eigenvalue weighted by molar-refractivity contribution is 6.09. The topological polar surface area (TPSA) is 86.5 Å². The summed E-state index contributed by atoms with van der Waals surface area (Å²) in [6.07, 6.45) is 0. The Balaban J connectivity index is 1.95. The van der Waals surface area contributed by atoms with Crippen molar-refractivity contribution in [3.63, 3.8) is 0 Å². The molecule has 3 rings (SSSR count). The summed E-state index contributed by atoms with van der Waals surface area (Å²) in [6.45, 7) is 1.42. The summed E-state index contributed by atoms with van der Waals surface area (Å²) in [5.74, 6) is -0.166. The third kappa shape index (κ3) is 4.07. The molecule has 0 fully saturated rings. The molecule has 6 heteroatoms. The fraction of sp³-hybridized carbons (Fsp3) is 0.0476. The second-order valence-corrected chi connectivity index (χ2v) is 5.82. The molecule has 0 saturated heterocycles. The third-order valence-electron chi connectivity index (χ3n) is 3.92. The van der Waals surface area contributed by atoms with Crippen LogP contribution in [-0.2, 0) is 0 Å². The molecule has 0 atom stereocenters. The summed E-state index contributed by atoms with van der Waals surface area (Å²) in [6, 6.07) is 18.9. The van der Waals surface area contributed by atoms with E-state index in [0.29, 0.717) is 16.9 Å². The molecule has 3 aromatic rings. The van der Waals surface area contributed by atoms with Crippen LogP contribution in [0.1, 0.15) is 33.2 Å². The van der Waals surface area contributed by atoms with E-state index in [9.17, 15) is 19.7 Å². The molecule has 0 N–H and O–H groups in total. The van der Waals surface area contributed by atoms with E-state index in [1.165, 1.54) is 31.2 Å². The van der Waals surface area contributed by atoms with Gasteiger partial charge in [-0.3, -0.25) is 19.7 Å². The Kier molecular flexibility index (Phi) is 5.08. The molecule has 0 heterocycles. The lowest BCUT2D eigenvalue weighted by atomic mass is 10.0. The summed E-state index contributed by atoms with van der Waals surface area (Å²) < 4.78 is 5.60. The molecule has 6 nitrogen and oxygen atoms in total. The van der Waals surface area contributed by atoms with Gasteiger partial charge in [-0.15, -0.1) is 0 Å². The van der Waals surface area contributed by atoms with Crippen molar-refractivity contribution >= 4 is 17.3 Å². The van der Waals surface area contributed by atoms with E-state index in [4.69, 9.17) is 4.74 Å². The van der Waals surface area contributed by atoms with E-state index >= 15 is 0 Å². The zero-order valence-electron chi connectivity index (χ0n) is 14.4. The van der Waals surface area contributed by atoms with Gasteiger partial charge in [-0.1, -0.05) is 42.5 Å². The lowest BCUT2D eigenvalue weighted by Gasteiger charge is -2.09. The van der Waals surface area contributed by atoms with Crippen molar-refractivity contribution in [2.45, 2.75) is 6.92 Å². The summed E-state index contributed by atoms with van der Waals surface area (Å²) in [5, 5.41) is 11.5. The van der Waals surface area contributed by atoms with Crippen LogP contribution in [-0.4, -0.2) is 16.5 Å².